The highest BCUT2D eigenvalue weighted by Crippen LogP contribution is 2.09. The van der Waals surface area contributed by atoms with E-state index in [-0.39, 0.29) is 12.6 Å². The van der Waals surface area contributed by atoms with Crippen LogP contribution in [0.15, 0.2) is 0 Å². The van der Waals surface area contributed by atoms with Gasteiger partial charge in [0.1, 0.15) is 0 Å². The molecular formula is C13H26O5S. The lowest BCUT2D eigenvalue weighted by Gasteiger charge is -2.03. The number of ether oxygens (including phenoxy) is 1. The van der Waals surface area contributed by atoms with E-state index in [1.165, 1.54) is 0 Å². The standard InChI is InChI=1S/C13H26O5S/c1-3-17-13(14)11-9-7-5-4-6-8-10-12-18-19(2,15)16/h3-12H2,1-2H3. The molecule has 0 saturated heterocycles. The molecule has 0 rings (SSSR count). The Kier molecular flexibility index (Phi) is 10.9. The molecule has 0 atom stereocenters. The zero-order chi connectivity index (χ0) is 14.6. The van der Waals surface area contributed by atoms with Crippen LogP contribution in [0.25, 0.3) is 0 Å². The first-order valence-corrected chi connectivity index (χ1v) is 8.77. The number of carbonyl (C=O) groups excluding carboxylic acids is 1. The van der Waals surface area contributed by atoms with E-state index in [9.17, 15) is 13.2 Å². The van der Waals surface area contributed by atoms with Gasteiger partial charge in [-0.05, 0) is 19.8 Å². The van der Waals surface area contributed by atoms with E-state index in [0.717, 1.165) is 51.2 Å². The minimum Gasteiger partial charge on any atom is -0.466 e. The first kappa shape index (κ1) is 18.4. The van der Waals surface area contributed by atoms with E-state index in [1.54, 1.807) is 0 Å². The molecule has 0 heterocycles. The molecule has 0 aliphatic carbocycles. The quantitative estimate of drug-likeness (QED) is 0.314. The Bertz CT molecular complexity index is 324. The summed E-state index contributed by atoms with van der Waals surface area (Å²) in [5, 5.41) is 0. The molecule has 0 aromatic carbocycles. The highest BCUT2D eigenvalue weighted by atomic mass is 32.2. The van der Waals surface area contributed by atoms with Crippen LogP contribution < -0.4 is 0 Å². The zero-order valence-electron chi connectivity index (χ0n) is 12.0. The first-order valence-electron chi connectivity index (χ1n) is 6.95. The fraction of sp³-hybridized carbons (Fsp3) is 0.923. The van der Waals surface area contributed by atoms with Gasteiger partial charge in [-0.2, -0.15) is 8.42 Å². The Morgan fingerprint density at radius 1 is 0.947 bits per heavy atom. The van der Waals surface area contributed by atoms with Crippen LogP contribution in [0.4, 0.5) is 0 Å². The van der Waals surface area contributed by atoms with Gasteiger partial charge < -0.3 is 4.74 Å². The number of carbonyl (C=O) groups is 1. The topological polar surface area (TPSA) is 69.7 Å². The summed E-state index contributed by atoms with van der Waals surface area (Å²) >= 11 is 0. The van der Waals surface area contributed by atoms with E-state index >= 15 is 0 Å². The van der Waals surface area contributed by atoms with Crippen molar-refractivity contribution in [3.05, 3.63) is 0 Å². The largest absolute Gasteiger partial charge is 0.466 e. The van der Waals surface area contributed by atoms with Crippen molar-refractivity contribution in [2.45, 2.75) is 58.3 Å². The van der Waals surface area contributed by atoms with E-state index in [1.807, 2.05) is 6.92 Å². The number of hydrogen-bond acceptors (Lipinski definition) is 5. The number of esters is 1. The molecule has 0 fully saturated rings. The normalized spacial score (nSPS) is 11.5. The number of hydrogen-bond donors (Lipinski definition) is 0. The van der Waals surface area contributed by atoms with E-state index in [4.69, 9.17) is 4.74 Å². The third-order valence-electron chi connectivity index (χ3n) is 2.63. The summed E-state index contributed by atoms with van der Waals surface area (Å²) in [7, 11) is -3.29. The monoisotopic (exact) mass is 294 g/mol. The molecule has 0 N–H and O–H groups in total. The summed E-state index contributed by atoms with van der Waals surface area (Å²) in [5.74, 6) is -0.111. The third-order valence-corrected chi connectivity index (χ3v) is 3.22. The van der Waals surface area contributed by atoms with Crippen molar-refractivity contribution in [2.24, 2.45) is 0 Å². The van der Waals surface area contributed by atoms with Crippen molar-refractivity contribution in [1.29, 1.82) is 0 Å². The molecule has 6 heteroatoms. The summed E-state index contributed by atoms with van der Waals surface area (Å²) in [5.41, 5.74) is 0. The second kappa shape index (κ2) is 11.2. The highest BCUT2D eigenvalue weighted by Gasteiger charge is 2.01. The molecular weight excluding hydrogens is 268 g/mol. The van der Waals surface area contributed by atoms with Crippen molar-refractivity contribution < 1.29 is 22.1 Å². The summed E-state index contributed by atoms with van der Waals surface area (Å²) in [6.45, 7) is 2.54. The maximum Gasteiger partial charge on any atom is 0.305 e. The van der Waals surface area contributed by atoms with Crippen molar-refractivity contribution in [3.8, 4) is 0 Å². The molecule has 0 bridgehead atoms. The van der Waals surface area contributed by atoms with Gasteiger partial charge in [0, 0.05) is 6.42 Å². The number of rotatable bonds is 12. The molecule has 0 radical (unpaired) electrons. The van der Waals surface area contributed by atoms with Gasteiger partial charge in [-0.1, -0.05) is 32.1 Å². The Morgan fingerprint density at radius 2 is 1.47 bits per heavy atom. The van der Waals surface area contributed by atoms with E-state index in [0.29, 0.717) is 13.0 Å². The predicted octanol–water partition coefficient (Wildman–Crippen LogP) is 2.65. The van der Waals surface area contributed by atoms with Crippen LogP contribution in [0.5, 0.6) is 0 Å². The molecule has 0 aliphatic rings. The van der Waals surface area contributed by atoms with Gasteiger partial charge in [0.25, 0.3) is 10.1 Å². The molecule has 114 valence electrons. The zero-order valence-corrected chi connectivity index (χ0v) is 12.8. The Labute approximate surface area is 116 Å². The molecule has 0 aromatic heterocycles. The maximum atomic E-state index is 11.0. The SMILES string of the molecule is CCOC(=O)CCCCCCCCCOS(C)(=O)=O. The highest BCUT2D eigenvalue weighted by molar-refractivity contribution is 7.85. The summed E-state index contributed by atoms with van der Waals surface area (Å²) < 4.78 is 30.8. The smallest absolute Gasteiger partial charge is 0.305 e. The fourth-order valence-corrected chi connectivity index (χ4v) is 2.12. The molecule has 0 aromatic rings. The van der Waals surface area contributed by atoms with E-state index in [2.05, 4.69) is 4.18 Å². The second-order valence-electron chi connectivity index (χ2n) is 4.56. The summed E-state index contributed by atoms with van der Waals surface area (Å²) in [6, 6.07) is 0. The molecule has 0 amide bonds. The van der Waals surface area contributed by atoms with Crippen LogP contribution in [0.2, 0.25) is 0 Å². The van der Waals surface area contributed by atoms with Crippen LogP contribution in [0.3, 0.4) is 0 Å². The van der Waals surface area contributed by atoms with Crippen molar-refractivity contribution in [1.82, 2.24) is 0 Å². The Balaban J connectivity index is 3.17. The lowest BCUT2D eigenvalue weighted by molar-refractivity contribution is -0.143. The van der Waals surface area contributed by atoms with Crippen LogP contribution >= 0.6 is 0 Å². The molecule has 19 heavy (non-hydrogen) atoms. The lowest BCUT2D eigenvalue weighted by atomic mass is 10.1. The third kappa shape index (κ3) is 15.3. The van der Waals surface area contributed by atoms with Gasteiger partial charge >= 0.3 is 5.97 Å². The van der Waals surface area contributed by atoms with E-state index < -0.39 is 10.1 Å². The summed E-state index contributed by atoms with van der Waals surface area (Å²) in [6.07, 6.45) is 8.55. The second-order valence-corrected chi connectivity index (χ2v) is 6.20. The predicted molar refractivity (Wildman–Crippen MR) is 74.4 cm³/mol. The average Bonchev–Trinajstić information content (AvgIpc) is 2.30. The van der Waals surface area contributed by atoms with Crippen LogP contribution in [-0.4, -0.2) is 33.9 Å². The molecule has 5 nitrogen and oxygen atoms in total. The minimum atomic E-state index is -3.29. The molecule has 0 aliphatic heterocycles. The van der Waals surface area contributed by atoms with Gasteiger partial charge in [0.2, 0.25) is 0 Å². The van der Waals surface area contributed by atoms with Crippen LogP contribution in [0, 0.1) is 0 Å². The maximum absolute atomic E-state index is 11.0. The summed E-state index contributed by atoms with van der Waals surface area (Å²) in [4.78, 5) is 11.0. The van der Waals surface area contributed by atoms with Gasteiger partial charge in [-0.15, -0.1) is 0 Å². The molecule has 0 saturated carbocycles. The number of unbranched alkanes of at least 4 members (excludes halogenated alkanes) is 6. The Hall–Kier alpha value is -0.620. The lowest BCUT2D eigenvalue weighted by Crippen LogP contribution is -2.04. The van der Waals surface area contributed by atoms with Crippen molar-refractivity contribution >= 4 is 16.1 Å². The van der Waals surface area contributed by atoms with Gasteiger partial charge in [0.15, 0.2) is 0 Å². The van der Waals surface area contributed by atoms with Gasteiger partial charge in [0.05, 0.1) is 19.5 Å². The van der Waals surface area contributed by atoms with Crippen LogP contribution in [-0.2, 0) is 23.8 Å². The minimum absolute atomic E-state index is 0.111. The average molecular weight is 294 g/mol. The molecule has 0 unspecified atom stereocenters. The van der Waals surface area contributed by atoms with Crippen LogP contribution in [0.1, 0.15) is 58.3 Å². The van der Waals surface area contributed by atoms with Crippen molar-refractivity contribution in [2.75, 3.05) is 19.5 Å². The fourth-order valence-electron chi connectivity index (χ4n) is 1.70. The first-order chi connectivity index (χ1) is 8.95. The molecule has 0 spiro atoms. The van der Waals surface area contributed by atoms with Gasteiger partial charge in [-0.3, -0.25) is 8.98 Å². The van der Waals surface area contributed by atoms with Crippen molar-refractivity contribution in [3.63, 3.8) is 0 Å². The van der Waals surface area contributed by atoms with Gasteiger partial charge in [-0.25, -0.2) is 0 Å². The Morgan fingerprint density at radius 3 is 2.00 bits per heavy atom.